The van der Waals surface area contributed by atoms with Crippen LogP contribution >= 0.6 is 11.8 Å². The van der Waals surface area contributed by atoms with Gasteiger partial charge in [0.15, 0.2) is 0 Å². The van der Waals surface area contributed by atoms with Crippen molar-refractivity contribution in [3.8, 4) is 5.75 Å². The maximum atomic E-state index is 13.8. The number of nitrogens with zero attached hydrogens (tertiary/aromatic N) is 1. The monoisotopic (exact) mass is 504 g/mol. The molecule has 5 nitrogen and oxygen atoms in total. The summed E-state index contributed by atoms with van der Waals surface area (Å²) in [5, 5.41) is 3.54. The summed E-state index contributed by atoms with van der Waals surface area (Å²) in [5.74, 6) is 0.148. The van der Waals surface area contributed by atoms with Gasteiger partial charge in [-0.05, 0) is 60.0 Å². The van der Waals surface area contributed by atoms with E-state index >= 15 is 0 Å². The van der Waals surface area contributed by atoms with E-state index in [4.69, 9.17) is 4.74 Å². The van der Waals surface area contributed by atoms with Crippen molar-refractivity contribution in [2.75, 3.05) is 10.2 Å². The highest BCUT2D eigenvalue weighted by Gasteiger charge is 2.45. The fourth-order valence-corrected chi connectivity index (χ4v) is 5.74. The van der Waals surface area contributed by atoms with Crippen LogP contribution in [-0.4, -0.2) is 11.8 Å². The summed E-state index contributed by atoms with van der Waals surface area (Å²) in [6, 6.07) is 32.5. The Hall–Kier alpha value is -4.29. The molecule has 6 heteroatoms. The van der Waals surface area contributed by atoms with Gasteiger partial charge in [-0.15, -0.1) is 0 Å². The van der Waals surface area contributed by atoms with E-state index < -0.39 is 6.04 Å². The SMILES string of the molecule is Cc1cccc(N2C(=O)C3=C(C2=O)[C@H](c2ccc(OCc4ccccc4)cc2)Nc2ccccc2S3)c1. The van der Waals surface area contributed by atoms with Crippen LogP contribution in [-0.2, 0) is 16.2 Å². The molecule has 0 unspecified atom stereocenters. The summed E-state index contributed by atoms with van der Waals surface area (Å²) in [5.41, 5.74) is 4.89. The third-order valence-corrected chi connectivity index (χ3v) is 7.66. The summed E-state index contributed by atoms with van der Waals surface area (Å²) in [6.45, 7) is 2.42. The average molecular weight is 505 g/mol. The van der Waals surface area contributed by atoms with E-state index in [9.17, 15) is 9.59 Å². The van der Waals surface area contributed by atoms with Crippen LogP contribution in [0.25, 0.3) is 0 Å². The number of aryl methyl sites for hydroxylation is 1. The summed E-state index contributed by atoms with van der Waals surface area (Å²) >= 11 is 1.35. The normalized spacial score (nSPS) is 16.7. The van der Waals surface area contributed by atoms with E-state index in [-0.39, 0.29) is 11.8 Å². The molecule has 2 heterocycles. The van der Waals surface area contributed by atoms with Gasteiger partial charge in [-0.1, -0.05) is 78.5 Å². The lowest BCUT2D eigenvalue weighted by molar-refractivity contribution is -0.120. The van der Waals surface area contributed by atoms with Crippen molar-refractivity contribution in [3.63, 3.8) is 0 Å². The maximum Gasteiger partial charge on any atom is 0.272 e. The van der Waals surface area contributed by atoms with Crippen LogP contribution in [0.1, 0.15) is 22.7 Å². The zero-order valence-corrected chi connectivity index (χ0v) is 21.0. The standard InChI is InChI=1S/C31H24N2O3S/c1-20-8-7-11-23(18-20)33-30(34)27-28(32-25-12-5-6-13-26(25)37-29(27)31(33)35)22-14-16-24(17-15-22)36-19-21-9-3-2-4-10-21/h2-18,28,32H,19H2,1H3/t28-/m0/s1. The second-order valence-corrected chi connectivity index (χ2v) is 10.1. The number of rotatable bonds is 5. The summed E-state index contributed by atoms with van der Waals surface area (Å²) in [4.78, 5) is 30.2. The van der Waals surface area contributed by atoms with Gasteiger partial charge in [0.2, 0.25) is 0 Å². The van der Waals surface area contributed by atoms with E-state index in [0.717, 1.165) is 33.0 Å². The maximum absolute atomic E-state index is 13.8. The number of amides is 2. The minimum Gasteiger partial charge on any atom is -0.489 e. The Labute approximate surface area is 219 Å². The lowest BCUT2D eigenvalue weighted by Gasteiger charge is -2.23. The first-order chi connectivity index (χ1) is 18.1. The van der Waals surface area contributed by atoms with Gasteiger partial charge in [0.05, 0.1) is 22.2 Å². The van der Waals surface area contributed by atoms with Crippen molar-refractivity contribution < 1.29 is 14.3 Å². The van der Waals surface area contributed by atoms with Crippen molar-refractivity contribution in [1.29, 1.82) is 0 Å². The first kappa shape index (κ1) is 23.1. The molecule has 0 fully saturated rings. The zero-order valence-electron chi connectivity index (χ0n) is 20.2. The number of anilines is 2. The molecule has 0 aromatic heterocycles. The number of fused-ring (bicyclic) bond motifs is 1. The van der Waals surface area contributed by atoms with Crippen molar-refractivity contribution in [1.82, 2.24) is 0 Å². The highest BCUT2D eigenvalue weighted by molar-refractivity contribution is 8.04. The molecule has 1 atom stereocenters. The van der Waals surface area contributed by atoms with E-state index in [1.165, 1.54) is 16.7 Å². The van der Waals surface area contributed by atoms with Gasteiger partial charge < -0.3 is 10.1 Å². The Balaban J connectivity index is 1.35. The molecule has 0 aliphatic carbocycles. The number of benzene rings is 4. The molecule has 6 rings (SSSR count). The second kappa shape index (κ2) is 9.64. The number of imide groups is 1. The van der Waals surface area contributed by atoms with Gasteiger partial charge in [-0.3, -0.25) is 9.59 Å². The Morgan fingerprint density at radius 3 is 2.38 bits per heavy atom. The number of thioether (sulfide) groups is 1. The number of hydrogen-bond acceptors (Lipinski definition) is 5. The number of carbonyl (C=O) groups is 2. The number of nitrogens with one attached hydrogen (secondary N) is 1. The quantitative estimate of drug-likeness (QED) is 0.308. The van der Waals surface area contributed by atoms with Crippen LogP contribution < -0.4 is 15.0 Å². The minimum atomic E-state index is -0.486. The van der Waals surface area contributed by atoms with E-state index in [1.807, 2.05) is 104 Å². The number of carbonyl (C=O) groups excluding carboxylic acids is 2. The number of hydrogen-bond donors (Lipinski definition) is 1. The highest BCUT2D eigenvalue weighted by atomic mass is 32.2. The Bertz CT molecular complexity index is 1530. The minimum absolute atomic E-state index is 0.290. The van der Waals surface area contributed by atoms with Gasteiger partial charge in [0, 0.05) is 10.6 Å². The van der Waals surface area contributed by atoms with Crippen molar-refractivity contribution >= 4 is 35.0 Å². The van der Waals surface area contributed by atoms with Gasteiger partial charge in [-0.25, -0.2) is 4.90 Å². The van der Waals surface area contributed by atoms with Crippen LogP contribution in [0.15, 0.2) is 119 Å². The van der Waals surface area contributed by atoms with E-state index in [1.54, 1.807) is 6.07 Å². The van der Waals surface area contributed by atoms with E-state index in [0.29, 0.717) is 22.8 Å². The fourth-order valence-electron chi connectivity index (χ4n) is 4.64. The lowest BCUT2D eigenvalue weighted by Crippen LogP contribution is -2.33. The molecule has 2 amide bonds. The smallest absolute Gasteiger partial charge is 0.272 e. The first-order valence-electron chi connectivity index (χ1n) is 12.1. The van der Waals surface area contributed by atoms with Gasteiger partial charge >= 0.3 is 0 Å². The Morgan fingerprint density at radius 2 is 1.59 bits per heavy atom. The lowest BCUT2D eigenvalue weighted by atomic mass is 9.98. The average Bonchev–Trinajstić information content (AvgIpc) is 3.06. The second-order valence-electron chi connectivity index (χ2n) is 9.05. The molecule has 0 spiro atoms. The number of para-hydroxylation sites is 1. The third kappa shape index (κ3) is 4.41. The van der Waals surface area contributed by atoms with Crippen LogP contribution in [0, 0.1) is 6.92 Å². The molecule has 0 saturated carbocycles. The molecular weight excluding hydrogens is 480 g/mol. The molecule has 4 aromatic rings. The summed E-state index contributed by atoms with van der Waals surface area (Å²) < 4.78 is 5.96. The molecule has 4 aromatic carbocycles. The van der Waals surface area contributed by atoms with Crippen LogP contribution in [0.5, 0.6) is 5.75 Å². The summed E-state index contributed by atoms with van der Waals surface area (Å²) in [6.07, 6.45) is 0. The van der Waals surface area contributed by atoms with E-state index in [2.05, 4.69) is 5.32 Å². The predicted octanol–water partition coefficient (Wildman–Crippen LogP) is 6.66. The molecule has 2 aliphatic heterocycles. The largest absolute Gasteiger partial charge is 0.489 e. The fraction of sp³-hybridized carbons (Fsp3) is 0.0968. The highest BCUT2D eigenvalue weighted by Crippen LogP contribution is 2.48. The van der Waals surface area contributed by atoms with Gasteiger partial charge in [0.1, 0.15) is 12.4 Å². The van der Waals surface area contributed by atoms with Crippen molar-refractivity contribution in [2.45, 2.75) is 24.5 Å². The Morgan fingerprint density at radius 1 is 0.838 bits per heavy atom. The Kier molecular flexibility index (Phi) is 6.02. The van der Waals surface area contributed by atoms with Crippen LogP contribution in [0.3, 0.4) is 0 Å². The zero-order chi connectivity index (χ0) is 25.4. The molecule has 0 bridgehead atoms. The molecule has 1 N–H and O–H groups in total. The van der Waals surface area contributed by atoms with Gasteiger partial charge in [-0.2, -0.15) is 0 Å². The molecule has 37 heavy (non-hydrogen) atoms. The van der Waals surface area contributed by atoms with Gasteiger partial charge in [0.25, 0.3) is 11.8 Å². The first-order valence-corrected chi connectivity index (χ1v) is 12.9. The number of ether oxygens (including phenoxy) is 1. The van der Waals surface area contributed by atoms with Crippen LogP contribution in [0.2, 0.25) is 0 Å². The molecular formula is C31H24N2O3S. The van der Waals surface area contributed by atoms with Crippen LogP contribution in [0.4, 0.5) is 11.4 Å². The molecule has 0 saturated heterocycles. The predicted molar refractivity (Wildman–Crippen MR) is 147 cm³/mol. The molecule has 182 valence electrons. The summed E-state index contributed by atoms with van der Waals surface area (Å²) in [7, 11) is 0. The topological polar surface area (TPSA) is 58.6 Å². The van der Waals surface area contributed by atoms with Crippen molar-refractivity contribution in [2.24, 2.45) is 0 Å². The molecule has 2 aliphatic rings. The van der Waals surface area contributed by atoms with Crippen molar-refractivity contribution in [3.05, 3.63) is 130 Å². The molecule has 0 radical (unpaired) electrons. The third-order valence-electron chi connectivity index (χ3n) is 6.48.